The molecule has 1 fully saturated rings. The number of rotatable bonds is 2. The molecule has 6 heteroatoms. The zero-order valence-corrected chi connectivity index (χ0v) is 10.2. The van der Waals surface area contributed by atoms with Gasteiger partial charge >= 0.3 is 0 Å². The predicted octanol–water partition coefficient (Wildman–Crippen LogP) is 0.720. The van der Waals surface area contributed by atoms with Gasteiger partial charge in [-0.3, -0.25) is 4.79 Å². The largest absolute Gasteiger partial charge is 0.339 e. The van der Waals surface area contributed by atoms with Gasteiger partial charge in [-0.05, 0) is 25.7 Å². The van der Waals surface area contributed by atoms with Crippen LogP contribution in [0.5, 0.6) is 0 Å². The summed E-state index contributed by atoms with van der Waals surface area (Å²) in [5.41, 5.74) is 5.84. The molecule has 0 spiro atoms. The Labute approximate surface area is 100 Å². The van der Waals surface area contributed by atoms with Crippen LogP contribution in [0.2, 0.25) is 0 Å². The maximum Gasteiger partial charge on any atom is 0.295 e. The van der Waals surface area contributed by atoms with Crippen LogP contribution in [0.25, 0.3) is 0 Å². The van der Waals surface area contributed by atoms with Crippen LogP contribution in [0.1, 0.15) is 42.2 Å². The van der Waals surface area contributed by atoms with Gasteiger partial charge in [0.25, 0.3) is 11.7 Å². The number of amides is 1. The zero-order valence-electron chi connectivity index (χ0n) is 10.2. The molecule has 0 aromatic carbocycles. The summed E-state index contributed by atoms with van der Waals surface area (Å²) >= 11 is 0. The van der Waals surface area contributed by atoms with Crippen molar-refractivity contribution in [1.82, 2.24) is 15.0 Å². The van der Waals surface area contributed by atoms with Gasteiger partial charge in [0, 0.05) is 26.1 Å². The van der Waals surface area contributed by atoms with Crippen LogP contribution in [0.4, 0.5) is 0 Å². The first-order chi connectivity index (χ1) is 8.08. The van der Waals surface area contributed by atoms with Crippen molar-refractivity contribution in [2.24, 2.45) is 5.73 Å². The SMILES string of the molecule is Cc1nc(C(=O)N(C)C2CCC(N)CC2)no1. The summed E-state index contributed by atoms with van der Waals surface area (Å²) in [4.78, 5) is 17.7. The van der Waals surface area contributed by atoms with Crippen molar-refractivity contribution in [3.05, 3.63) is 11.7 Å². The average Bonchev–Trinajstić information content (AvgIpc) is 2.75. The second-order valence-electron chi connectivity index (χ2n) is 4.62. The minimum Gasteiger partial charge on any atom is -0.339 e. The molecule has 0 bridgehead atoms. The van der Waals surface area contributed by atoms with E-state index in [-0.39, 0.29) is 23.8 Å². The van der Waals surface area contributed by atoms with E-state index in [1.807, 2.05) is 0 Å². The molecule has 1 aliphatic rings. The van der Waals surface area contributed by atoms with Gasteiger partial charge in [0.05, 0.1) is 0 Å². The van der Waals surface area contributed by atoms with Crippen LogP contribution in [0, 0.1) is 6.92 Å². The molecular formula is C11H18N4O2. The monoisotopic (exact) mass is 238 g/mol. The van der Waals surface area contributed by atoms with Crippen molar-refractivity contribution in [2.75, 3.05) is 7.05 Å². The smallest absolute Gasteiger partial charge is 0.295 e. The minimum atomic E-state index is -0.178. The Kier molecular flexibility index (Phi) is 3.42. The number of nitrogens with two attached hydrogens (primary N) is 1. The lowest BCUT2D eigenvalue weighted by Gasteiger charge is -2.32. The summed E-state index contributed by atoms with van der Waals surface area (Å²) < 4.78 is 4.81. The summed E-state index contributed by atoms with van der Waals surface area (Å²) in [6.07, 6.45) is 3.82. The van der Waals surface area contributed by atoms with Gasteiger partial charge < -0.3 is 15.2 Å². The van der Waals surface area contributed by atoms with Gasteiger partial charge in [-0.25, -0.2) is 0 Å². The minimum absolute atomic E-state index is 0.139. The summed E-state index contributed by atoms with van der Waals surface area (Å²) in [6, 6.07) is 0.517. The van der Waals surface area contributed by atoms with E-state index in [1.54, 1.807) is 18.9 Å². The van der Waals surface area contributed by atoms with Gasteiger partial charge in [0.1, 0.15) is 0 Å². The molecule has 17 heavy (non-hydrogen) atoms. The lowest BCUT2D eigenvalue weighted by Crippen LogP contribution is -2.42. The molecule has 1 amide bonds. The molecule has 0 saturated heterocycles. The van der Waals surface area contributed by atoms with E-state index in [0.29, 0.717) is 5.89 Å². The Morgan fingerprint density at radius 1 is 1.41 bits per heavy atom. The van der Waals surface area contributed by atoms with Gasteiger partial charge in [0.15, 0.2) is 0 Å². The summed E-state index contributed by atoms with van der Waals surface area (Å²) in [5.74, 6) is 0.370. The van der Waals surface area contributed by atoms with E-state index < -0.39 is 0 Å². The van der Waals surface area contributed by atoms with Crippen LogP contribution in [-0.4, -0.2) is 40.1 Å². The van der Waals surface area contributed by atoms with Crippen molar-refractivity contribution in [3.63, 3.8) is 0 Å². The van der Waals surface area contributed by atoms with E-state index in [1.165, 1.54) is 0 Å². The summed E-state index contributed by atoms with van der Waals surface area (Å²) in [5, 5.41) is 3.64. The van der Waals surface area contributed by atoms with E-state index in [9.17, 15) is 4.79 Å². The summed E-state index contributed by atoms with van der Waals surface area (Å²) in [7, 11) is 1.79. The molecule has 1 aromatic rings. The molecule has 0 aliphatic heterocycles. The third kappa shape index (κ3) is 2.63. The Balaban J connectivity index is 2.00. The van der Waals surface area contributed by atoms with E-state index >= 15 is 0 Å². The van der Waals surface area contributed by atoms with Crippen LogP contribution in [-0.2, 0) is 0 Å². The van der Waals surface area contributed by atoms with Crippen molar-refractivity contribution >= 4 is 5.91 Å². The third-order valence-electron chi connectivity index (χ3n) is 3.33. The fourth-order valence-corrected chi connectivity index (χ4v) is 2.20. The highest BCUT2D eigenvalue weighted by atomic mass is 16.5. The highest BCUT2D eigenvalue weighted by Crippen LogP contribution is 2.22. The van der Waals surface area contributed by atoms with E-state index in [2.05, 4.69) is 10.1 Å². The average molecular weight is 238 g/mol. The third-order valence-corrected chi connectivity index (χ3v) is 3.33. The Morgan fingerprint density at radius 3 is 2.59 bits per heavy atom. The molecule has 2 N–H and O–H groups in total. The molecule has 2 rings (SSSR count). The van der Waals surface area contributed by atoms with Gasteiger partial charge in [0.2, 0.25) is 5.89 Å². The first-order valence-electron chi connectivity index (χ1n) is 5.91. The topological polar surface area (TPSA) is 85.2 Å². The van der Waals surface area contributed by atoms with Crippen molar-refractivity contribution in [3.8, 4) is 0 Å². The fraction of sp³-hybridized carbons (Fsp3) is 0.727. The second kappa shape index (κ2) is 4.83. The molecule has 94 valence electrons. The quantitative estimate of drug-likeness (QED) is 0.820. The highest BCUT2D eigenvalue weighted by molar-refractivity contribution is 5.90. The first kappa shape index (κ1) is 12.0. The molecule has 1 saturated carbocycles. The summed E-state index contributed by atoms with van der Waals surface area (Å²) in [6.45, 7) is 1.67. The van der Waals surface area contributed by atoms with Crippen LogP contribution >= 0.6 is 0 Å². The van der Waals surface area contributed by atoms with Crippen molar-refractivity contribution < 1.29 is 9.32 Å². The molecule has 0 radical (unpaired) electrons. The van der Waals surface area contributed by atoms with Crippen molar-refractivity contribution in [2.45, 2.75) is 44.7 Å². The number of carbonyl (C=O) groups excluding carboxylic acids is 1. The molecular weight excluding hydrogens is 220 g/mol. The van der Waals surface area contributed by atoms with Crippen molar-refractivity contribution in [1.29, 1.82) is 0 Å². The normalized spacial score (nSPS) is 24.6. The molecule has 1 aliphatic carbocycles. The number of aryl methyl sites for hydroxylation is 1. The standard InChI is InChI=1S/C11H18N4O2/c1-7-13-10(14-17-7)11(16)15(2)9-5-3-8(12)4-6-9/h8-9H,3-6,12H2,1-2H3. The fourth-order valence-electron chi connectivity index (χ4n) is 2.20. The van der Waals surface area contributed by atoms with E-state index in [4.69, 9.17) is 10.3 Å². The van der Waals surface area contributed by atoms with Crippen LogP contribution in [0.3, 0.4) is 0 Å². The van der Waals surface area contributed by atoms with Crippen LogP contribution < -0.4 is 5.73 Å². The molecule has 0 atom stereocenters. The predicted molar refractivity (Wildman–Crippen MR) is 61.4 cm³/mol. The number of hydrogen-bond donors (Lipinski definition) is 1. The molecule has 0 unspecified atom stereocenters. The Morgan fingerprint density at radius 2 is 2.06 bits per heavy atom. The van der Waals surface area contributed by atoms with Gasteiger partial charge in [-0.15, -0.1) is 0 Å². The first-order valence-corrected chi connectivity index (χ1v) is 5.91. The maximum atomic E-state index is 12.0. The molecule has 6 nitrogen and oxygen atoms in total. The second-order valence-corrected chi connectivity index (χ2v) is 4.62. The zero-order chi connectivity index (χ0) is 12.4. The van der Waals surface area contributed by atoms with E-state index in [0.717, 1.165) is 25.7 Å². The molecule has 1 aromatic heterocycles. The lowest BCUT2D eigenvalue weighted by molar-refractivity contribution is 0.0674. The number of carbonyl (C=O) groups is 1. The Hall–Kier alpha value is -1.43. The highest BCUT2D eigenvalue weighted by Gasteiger charge is 2.27. The number of hydrogen-bond acceptors (Lipinski definition) is 5. The van der Waals surface area contributed by atoms with Gasteiger partial charge in [-0.1, -0.05) is 5.16 Å². The number of nitrogens with zero attached hydrogens (tertiary/aromatic N) is 3. The maximum absolute atomic E-state index is 12.0. The number of aromatic nitrogens is 2. The van der Waals surface area contributed by atoms with Gasteiger partial charge in [-0.2, -0.15) is 4.98 Å². The lowest BCUT2D eigenvalue weighted by atomic mass is 9.91. The molecule has 1 heterocycles. The Bertz CT molecular complexity index is 396. The van der Waals surface area contributed by atoms with Crippen LogP contribution in [0.15, 0.2) is 4.52 Å².